The standard InChI is InChI=1S/C16H26N2/c1-3-9-15(17-2)14-10-5-6-11-16(14)18-12-7-4-8-13-18/h5-6,10-11,15,17H,3-4,7-9,12-13H2,1-2H3/t15-/m0/s1. The Labute approximate surface area is 111 Å². The van der Waals surface area contributed by atoms with Gasteiger partial charge in [-0.2, -0.15) is 0 Å². The van der Waals surface area contributed by atoms with E-state index in [1.54, 1.807) is 0 Å². The first-order valence-corrected chi connectivity index (χ1v) is 7.38. The first-order chi connectivity index (χ1) is 8.86. The molecule has 1 fully saturated rings. The van der Waals surface area contributed by atoms with E-state index in [4.69, 9.17) is 0 Å². The summed E-state index contributed by atoms with van der Waals surface area (Å²) in [4.78, 5) is 2.57. The van der Waals surface area contributed by atoms with E-state index in [1.165, 1.54) is 56.4 Å². The monoisotopic (exact) mass is 246 g/mol. The van der Waals surface area contributed by atoms with Crippen LogP contribution in [0, 0.1) is 0 Å². The van der Waals surface area contributed by atoms with Crippen molar-refractivity contribution >= 4 is 5.69 Å². The number of para-hydroxylation sites is 1. The van der Waals surface area contributed by atoms with Gasteiger partial charge in [0.2, 0.25) is 0 Å². The second-order valence-corrected chi connectivity index (χ2v) is 5.24. The van der Waals surface area contributed by atoms with Crippen molar-refractivity contribution in [1.29, 1.82) is 0 Å². The third-order valence-corrected chi connectivity index (χ3v) is 3.93. The number of rotatable bonds is 5. The molecule has 0 radical (unpaired) electrons. The largest absolute Gasteiger partial charge is 0.371 e. The molecule has 0 spiro atoms. The molecule has 0 aliphatic carbocycles. The molecule has 18 heavy (non-hydrogen) atoms. The molecule has 0 unspecified atom stereocenters. The van der Waals surface area contributed by atoms with E-state index >= 15 is 0 Å². The molecule has 0 amide bonds. The molecule has 1 aromatic carbocycles. The first-order valence-electron chi connectivity index (χ1n) is 7.38. The Kier molecular flexibility index (Phi) is 5.06. The number of anilines is 1. The van der Waals surface area contributed by atoms with Gasteiger partial charge >= 0.3 is 0 Å². The summed E-state index contributed by atoms with van der Waals surface area (Å²) >= 11 is 0. The lowest BCUT2D eigenvalue weighted by molar-refractivity contribution is 0.532. The van der Waals surface area contributed by atoms with Crippen LogP contribution >= 0.6 is 0 Å². The highest BCUT2D eigenvalue weighted by atomic mass is 15.1. The summed E-state index contributed by atoms with van der Waals surface area (Å²) < 4.78 is 0. The molecule has 0 bridgehead atoms. The molecular weight excluding hydrogens is 220 g/mol. The van der Waals surface area contributed by atoms with Gasteiger partial charge < -0.3 is 10.2 Å². The zero-order valence-electron chi connectivity index (χ0n) is 11.8. The average Bonchev–Trinajstić information content (AvgIpc) is 2.46. The van der Waals surface area contributed by atoms with Gasteiger partial charge in [0.25, 0.3) is 0 Å². The summed E-state index contributed by atoms with van der Waals surface area (Å²) in [6.07, 6.45) is 6.50. The normalized spacial score (nSPS) is 17.8. The van der Waals surface area contributed by atoms with Crippen molar-refractivity contribution in [2.24, 2.45) is 0 Å². The number of nitrogens with zero attached hydrogens (tertiary/aromatic N) is 1. The number of piperidine rings is 1. The summed E-state index contributed by atoms with van der Waals surface area (Å²) in [6.45, 7) is 4.70. The lowest BCUT2D eigenvalue weighted by atomic mass is 9.98. The van der Waals surface area contributed by atoms with E-state index < -0.39 is 0 Å². The van der Waals surface area contributed by atoms with Crippen molar-refractivity contribution in [2.75, 3.05) is 25.0 Å². The van der Waals surface area contributed by atoms with Crippen LogP contribution in [0.2, 0.25) is 0 Å². The third-order valence-electron chi connectivity index (χ3n) is 3.93. The van der Waals surface area contributed by atoms with Gasteiger partial charge in [-0.15, -0.1) is 0 Å². The Morgan fingerprint density at radius 2 is 1.89 bits per heavy atom. The second-order valence-electron chi connectivity index (χ2n) is 5.24. The van der Waals surface area contributed by atoms with Gasteiger partial charge in [-0.3, -0.25) is 0 Å². The maximum Gasteiger partial charge on any atom is 0.0414 e. The average molecular weight is 246 g/mol. The fourth-order valence-electron chi connectivity index (χ4n) is 2.95. The highest BCUT2D eigenvalue weighted by molar-refractivity contribution is 5.55. The van der Waals surface area contributed by atoms with E-state index in [9.17, 15) is 0 Å². The number of hydrogen-bond donors (Lipinski definition) is 1. The number of hydrogen-bond acceptors (Lipinski definition) is 2. The SMILES string of the molecule is CCC[C@H](NC)c1ccccc1N1CCCCC1. The molecule has 1 atom stereocenters. The molecule has 1 aromatic rings. The lowest BCUT2D eigenvalue weighted by Crippen LogP contribution is -2.31. The Balaban J connectivity index is 2.23. The summed E-state index contributed by atoms with van der Waals surface area (Å²) in [5, 5.41) is 3.47. The molecule has 1 saturated heterocycles. The molecule has 1 aliphatic heterocycles. The van der Waals surface area contributed by atoms with E-state index in [0.29, 0.717) is 6.04 Å². The van der Waals surface area contributed by atoms with Crippen LogP contribution in [0.1, 0.15) is 50.6 Å². The van der Waals surface area contributed by atoms with Crippen LogP contribution in [0.5, 0.6) is 0 Å². The van der Waals surface area contributed by atoms with E-state index in [1.807, 2.05) is 0 Å². The van der Waals surface area contributed by atoms with Crippen LogP contribution in [0.4, 0.5) is 5.69 Å². The zero-order valence-corrected chi connectivity index (χ0v) is 11.8. The Morgan fingerprint density at radius 3 is 2.56 bits per heavy atom. The summed E-state index contributed by atoms with van der Waals surface area (Å²) in [6, 6.07) is 9.42. The van der Waals surface area contributed by atoms with E-state index in [2.05, 4.69) is 48.5 Å². The van der Waals surface area contributed by atoms with Crippen LogP contribution in [-0.2, 0) is 0 Å². The predicted molar refractivity (Wildman–Crippen MR) is 79.2 cm³/mol. The van der Waals surface area contributed by atoms with Crippen LogP contribution in [0.15, 0.2) is 24.3 Å². The molecule has 0 aromatic heterocycles. The van der Waals surface area contributed by atoms with Crippen molar-refractivity contribution in [3.63, 3.8) is 0 Å². The molecule has 0 saturated carbocycles. The van der Waals surface area contributed by atoms with Gasteiger partial charge in [0.05, 0.1) is 0 Å². The van der Waals surface area contributed by atoms with Crippen LogP contribution in [0.25, 0.3) is 0 Å². The van der Waals surface area contributed by atoms with Crippen molar-refractivity contribution in [2.45, 2.75) is 45.1 Å². The number of benzene rings is 1. The maximum absolute atomic E-state index is 3.47. The van der Waals surface area contributed by atoms with Crippen molar-refractivity contribution in [1.82, 2.24) is 5.32 Å². The topological polar surface area (TPSA) is 15.3 Å². The Bertz CT molecular complexity index is 332. The molecule has 100 valence electrons. The van der Waals surface area contributed by atoms with Crippen molar-refractivity contribution in [3.05, 3.63) is 29.8 Å². The highest BCUT2D eigenvalue weighted by Gasteiger charge is 2.18. The Hall–Kier alpha value is -1.02. The smallest absolute Gasteiger partial charge is 0.0414 e. The van der Waals surface area contributed by atoms with Crippen LogP contribution < -0.4 is 10.2 Å². The third kappa shape index (κ3) is 3.05. The van der Waals surface area contributed by atoms with Gasteiger partial charge in [-0.05, 0) is 44.4 Å². The molecular formula is C16H26N2. The Morgan fingerprint density at radius 1 is 1.17 bits per heavy atom. The number of nitrogens with one attached hydrogen (secondary N) is 1. The van der Waals surface area contributed by atoms with Crippen molar-refractivity contribution in [3.8, 4) is 0 Å². The maximum atomic E-state index is 3.47. The minimum Gasteiger partial charge on any atom is -0.371 e. The predicted octanol–water partition coefficient (Wildman–Crippen LogP) is 3.74. The summed E-state index contributed by atoms with van der Waals surface area (Å²) in [7, 11) is 2.08. The summed E-state index contributed by atoms with van der Waals surface area (Å²) in [5.74, 6) is 0. The molecule has 2 nitrogen and oxygen atoms in total. The van der Waals surface area contributed by atoms with Crippen molar-refractivity contribution < 1.29 is 0 Å². The summed E-state index contributed by atoms with van der Waals surface area (Å²) in [5.41, 5.74) is 2.92. The molecule has 2 rings (SSSR count). The first kappa shape index (κ1) is 13.4. The van der Waals surface area contributed by atoms with Gasteiger partial charge in [0, 0.05) is 24.8 Å². The van der Waals surface area contributed by atoms with E-state index in [0.717, 1.165) is 0 Å². The second kappa shape index (κ2) is 6.79. The van der Waals surface area contributed by atoms with Gasteiger partial charge in [0.15, 0.2) is 0 Å². The minimum atomic E-state index is 0.494. The molecule has 1 N–H and O–H groups in total. The van der Waals surface area contributed by atoms with E-state index in [-0.39, 0.29) is 0 Å². The minimum absolute atomic E-state index is 0.494. The highest BCUT2D eigenvalue weighted by Crippen LogP contribution is 2.30. The van der Waals surface area contributed by atoms with Gasteiger partial charge in [-0.25, -0.2) is 0 Å². The van der Waals surface area contributed by atoms with Crippen LogP contribution in [-0.4, -0.2) is 20.1 Å². The molecule has 1 aliphatic rings. The fraction of sp³-hybridized carbons (Fsp3) is 0.625. The quantitative estimate of drug-likeness (QED) is 0.851. The fourth-order valence-corrected chi connectivity index (χ4v) is 2.95. The van der Waals surface area contributed by atoms with Gasteiger partial charge in [0.1, 0.15) is 0 Å². The zero-order chi connectivity index (χ0) is 12.8. The molecule has 2 heteroatoms. The van der Waals surface area contributed by atoms with Gasteiger partial charge in [-0.1, -0.05) is 31.5 Å². The van der Waals surface area contributed by atoms with Crippen LogP contribution in [0.3, 0.4) is 0 Å². The molecule has 1 heterocycles. The lowest BCUT2D eigenvalue weighted by Gasteiger charge is -2.32.